The van der Waals surface area contributed by atoms with Crippen LogP contribution in [0.5, 0.6) is 0 Å². The predicted octanol–water partition coefficient (Wildman–Crippen LogP) is 3.00. The summed E-state index contributed by atoms with van der Waals surface area (Å²) in [5.74, 6) is 1.79. The van der Waals surface area contributed by atoms with Gasteiger partial charge in [-0.1, -0.05) is 38.3 Å². The highest BCUT2D eigenvalue weighted by Crippen LogP contribution is 2.36. The average Bonchev–Trinajstić information content (AvgIpc) is 2.47. The number of allylic oxidation sites excluding steroid dienone is 2. The topological polar surface area (TPSA) is 0 Å². The Labute approximate surface area is 58.0 Å². The minimum atomic E-state index is 0.880. The highest BCUT2D eigenvalue weighted by Gasteiger charge is 2.25. The molecular formula is C9H16. The van der Waals surface area contributed by atoms with Gasteiger partial charge in [0.2, 0.25) is 0 Å². The van der Waals surface area contributed by atoms with Gasteiger partial charge in [-0.15, -0.1) is 0 Å². The van der Waals surface area contributed by atoms with Gasteiger partial charge in [0.25, 0.3) is 0 Å². The van der Waals surface area contributed by atoms with Crippen molar-refractivity contribution in [3.63, 3.8) is 0 Å². The normalized spacial score (nSPS) is 27.4. The molecule has 0 radical (unpaired) electrons. The Hall–Kier alpha value is -0.260. The Morgan fingerprint density at radius 3 is 2.56 bits per heavy atom. The second-order valence-electron chi connectivity index (χ2n) is 3.20. The molecule has 0 fully saturated rings. The number of hydrogen-bond acceptors (Lipinski definition) is 0. The fraction of sp³-hybridized carbons (Fsp3) is 0.778. The summed E-state index contributed by atoms with van der Waals surface area (Å²) < 4.78 is 0. The molecule has 0 heteroatoms. The van der Waals surface area contributed by atoms with Crippen LogP contribution in [0.2, 0.25) is 0 Å². The maximum Gasteiger partial charge on any atom is 0.000262 e. The van der Waals surface area contributed by atoms with Gasteiger partial charge in [-0.2, -0.15) is 0 Å². The Morgan fingerprint density at radius 1 is 1.67 bits per heavy atom. The quantitative estimate of drug-likeness (QED) is 0.507. The molecule has 2 unspecified atom stereocenters. The second kappa shape index (κ2) is 2.55. The Morgan fingerprint density at radius 2 is 2.22 bits per heavy atom. The zero-order valence-corrected chi connectivity index (χ0v) is 6.65. The van der Waals surface area contributed by atoms with Crippen molar-refractivity contribution < 1.29 is 0 Å². The van der Waals surface area contributed by atoms with Crippen LogP contribution in [0.25, 0.3) is 0 Å². The molecular weight excluding hydrogens is 108 g/mol. The molecule has 0 aromatic heterocycles. The molecule has 0 spiro atoms. The lowest BCUT2D eigenvalue weighted by Gasteiger charge is -2.07. The van der Waals surface area contributed by atoms with E-state index in [0.29, 0.717) is 0 Å². The van der Waals surface area contributed by atoms with E-state index in [1.807, 2.05) is 0 Å². The number of hydrogen-bond donors (Lipinski definition) is 0. The summed E-state index contributed by atoms with van der Waals surface area (Å²) in [4.78, 5) is 0. The molecule has 2 atom stereocenters. The van der Waals surface area contributed by atoms with Gasteiger partial charge in [0.15, 0.2) is 0 Å². The third-order valence-electron chi connectivity index (χ3n) is 2.22. The van der Waals surface area contributed by atoms with Crippen molar-refractivity contribution in [2.24, 2.45) is 11.8 Å². The van der Waals surface area contributed by atoms with Crippen molar-refractivity contribution in [3.8, 4) is 0 Å². The first-order valence-electron chi connectivity index (χ1n) is 3.94. The van der Waals surface area contributed by atoms with Crippen LogP contribution in [0.3, 0.4) is 0 Å². The molecule has 1 aliphatic rings. The van der Waals surface area contributed by atoms with E-state index >= 15 is 0 Å². The summed E-state index contributed by atoms with van der Waals surface area (Å²) in [6, 6.07) is 0. The van der Waals surface area contributed by atoms with Gasteiger partial charge in [-0.25, -0.2) is 0 Å². The van der Waals surface area contributed by atoms with Crippen molar-refractivity contribution in [2.75, 3.05) is 0 Å². The molecule has 0 bridgehead atoms. The van der Waals surface area contributed by atoms with Gasteiger partial charge >= 0.3 is 0 Å². The van der Waals surface area contributed by atoms with Gasteiger partial charge in [0.05, 0.1) is 0 Å². The fourth-order valence-electron chi connectivity index (χ4n) is 1.48. The van der Waals surface area contributed by atoms with Crippen LogP contribution in [0, 0.1) is 11.8 Å². The first-order valence-corrected chi connectivity index (χ1v) is 3.94. The van der Waals surface area contributed by atoms with Gasteiger partial charge < -0.3 is 0 Å². The van der Waals surface area contributed by atoms with Crippen LogP contribution >= 0.6 is 0 Å². The van der Waals surface area contributed by atoms with Crippen LogP contribution in [0.15, 0.2) is 11.6 Å². The van der Waals surface area contributed by atoms with Crippen molar-refractivity contribution in [3.05, 3.63) is 11.6 Å². The lowest BCUT2D eigenvalue weighted by Crippen LogP contribution is -1.97. The SMILES string of the molecule is CCCC(C)C1C=C1C. The van der Waals surface area contributed by atoms with Crippen LogP contribution in [-0.4, -0.2) is 0 Å². The van der Waals surface area contributed by atoms with Crippen molar-refractivity contribution in [1.29, 1.82) is 0 Å². The van der Waals surface area contributed by atoms with E-state index in [4.69, 9.17) is 0 Å². The largest absolute Gasteiger partial charge is 0.0776 e. The second-order valence-corrected chi connectivity index (χ2v) is 3.20. The first kappa shape index (κ1) is 6.85. The lowest BCUT2D eigenvalue weighted by atomic mass is 9.98. The molecule has 0 N–H and O–H groups in total. The lowest BCUT2D eigenvalue weighted by molar-refractivity contribution is 0.482. The van der Waals surface area contributed by atoms with Crippen LogP contribution in [0.1, 0.15) is 33.6 Å². The van der Waals surface area contributed by atoms with Crippen molar-refractivity contribution in [2.45, 2.75) is 33.6 Å². The molecule has 0 saturated heterocycles. The standard InChI is InChI=1S/C9H16/c1-4-5-7(2)9-6-8(9)3/h6-7,9H,4-5H2,1-3H3. The third kappa shape index (κ3) is 1.57. The summed E-state index contributed by atoms with van der Waals surface area (Å²) in [7, 11) is 0. The Bertz CT molecular complexity index is 122. The summed E-state index contributed by atoms with van der Waals surface area (Å²) in [5, 5.41) is 0. The van der Waals surface area contributed by atoms with Crippen LogP contribution in [0.4, 0.5) is 0 Å². The summed E-state index contributed by atoms with van der Waals surface area (Å²) in [6.45, 7) is 6.84. The smallest absolute Gasteiger partial charge is 0.000262 e. The average molecular weight is 124 g/mol. The van der Waals surface area contributed by atoms with Crippen molar-refractivity contribution >= 4 is 0 Å². The zero-order chi connectivity index (χ0) is 6.85. The molecule has 1 aliphatic carbocycles. The zero-order valence-electron chi connectivity index (χ0n) is 6.65. The highest BCUT2D eigenvalue weighted by molar-refractivity contribution is 5.27. The summed E-state index contributed by atoms with van der Waals surface area (Å²) in [5.41, 5.74) is 1.61. The van der Waals surface area contributed by atoms with Gasteiger partial charge in [-0.05, 0) is 12.8 Å². The van der Waals surface area contributed by atoms with E-state index in [0.717, 1.165) is 11.8 Å². The van der Waals surface area contributed by atoms with E-state index in [9.17, 15) is 0 Å². The molecule has 0 heterocycles. The van der Waals surface area contributed by atoms with Gasteiger partial charge in [-0.3, -0.25) is 0 Å². The van der Waals surface area contributed by atoms with Crippen LogP contribution in [-0.2, 0) is 0 Å². The minimum absolute atomic E-state index is 0.880. The molecule has 0 nitrogen and oxygen atoms in total. The first-order chi connectivity index (χ1) is 4.25. The Balaban J connectivity index is 2.14. The monoisotopic (exact) mass is 124 g/mol. The molecule has 0 aromatic carbocycles. The number of rotatable bonds is 3. The predicted molar refractivity (Wildman–Crippen MR) is 41.3 cm³/mol. The molecule has 0 saturated carbocycles. The maximum absolute atomic E-state index is 2.38. The van der Waals surface area contributed by atoms with E-state index < -0.39 is 0 Å². The molecule has 52 valence electrons. The minimum Gasteiger partial charge on any atom is -0.0776 e. The van der Waals surface area contributed by atoms with E-state index in [1.165, 1.54) is 12.8 Å². The van der Waals surface area contributed by atoms with E-state index in [2.05, 4.69) is 26.8 Å². The molecule has 0 amide bonds. The summed E-state index contributed by atoms with van der Waals surface area (Å²) in [6.07, 6.45) is 5.09. The summed E-state index contributed by atoms with van der Waals surface area (Å²) >= 11 is 0. The molecule has 9 heavy (non-hydrogen) atoms. The van der Waals surface area contributed by atoms with E-state index in [1.54, 1.807) is 5.57 Å². The molecule has 0 aliphatic heterocycles. The van der Waals surface area contributed by atoms with Gasteiger partial charge in [0, 0.05) is 5.92 Å². The molecule has 1 rings (SSSR count). The van der Waals surface area contributed by atoms with Crippen LogP contribution < -0.4 is 0 Å². The van der Waals surface area contributed by atoms with Crippen molar-refractivity contribution in [1.82, 2.24) is 0 Å². The van der Waals surface area contributed by atoms with Gasteiger partial charge in [0.1, 0.15) is 0 Å². The fourth-order valence-corrected chi connectivity index (χ4v) is 1.48. The Kier molecular flexibility index (Phi) is 1.94. The molecule has 0 aromatic rings. The maximum atomic E-state index is 2.38. The van der Waals surface area contributed by atoms with E-state index in [-0.39, 0.29) is 0 Å². The highest BCUT2D eigenvalue weighted by atomic mass is 14.3. The third-order valence-corrected chi connectivity index (χ3v) is 2.22.